The molecule has 0 unspecified atom stereocenters. The highest BCUT2D eigenvalue weighted by Gasteiger charge is 2.45. The van der Waals surface area contributed by atoms with Crippen molar-refractivity contribution in [2.45, 2.75) is 88.6 Å². The summed E-state index contributed by atoms with van der Waals surface area (Å²) in [7, 11) is 0. The quantitative estimate of drug-likeness (QED) is 0.0743. The summed E-state index contributed by atoms with van der Waals surface area (Å²) in [5, 5.41) is 33.0. The Labute approximate surface area is 376 Å². The number of nitrogens with two attached hydrogens (primary N) is 2. The lowest BCUT2D eigenvalue weighted by Crippen LogP contribution is -2.38. The van der Waals surface area contributed by atoms with Crippen LogP contribution in [0.3, 0.4) is 0 Å². The normalized spacial score (nSPS) is 24.8. The Morgan fingerprint density at radius 3 is 1.42 bits per heavy atom. The van der Waals surface area contributed by atoms with Crippen LogP contribution in [0.1, 0.15) is 72.9 Å². The lowest BCUT2D eigenvalue weighted by molar-refractivity contribution is -0.0316. The minimum Gasteiger partial charge on any atom is -0.446 e. The lowest BCUT2D eigenvalue weighted by atomic mass is 9.92. The van der Waals surface area contributed by atoms with Crippen LogP contribution in [0, 0.1) is 37.3 Å². The summed E-state index contributed by atoms with van der Waals surface area (Å²) < 4.78 is 41.1. The number of amides is 2. The molecule has 6 aliphatic rings. The van der Waals surface area contributed by atoms with E-state index in [0.717, 1.165) is 59.8 Å². The van der Waals surface area contributed by atoms with E-state index in [2.05, 4.69) is 41.2 Å². The molecule has 6 heterocycles. The molecule has 2 aromatic carbocycles. The molecule has 6 aromatic rings. The molecular formula is C48H48F2N10O6. The molecular weight excluding hydrogens is 851 g/mol. The molecule has 66 heavy (non-hydrogen) atoms. The number of halogens is 2. The SMILES string of the molecule is Cc1c(-c2cc3cc(NC(=O)OC4CC(O)C4)ncc3c(N)c2F)cnc2c1NC[C@@H]1C[C@H]21.Cc1c(-c2cc3cc(NC(=O)OC4CC(O)C4)ncc3c(N)c2F)cnc2c1NC[C@H]1C[C@@H]21. The number of aliphatic hydroxyl groups excluding tert-OH is 2. The zero-order valence-electron chi connectivity index (χ0n) is 36.1. The van der Waals surface area contributed by atoms with Gasteiger partial charge in [-0.15, -0.1) is 0 Å². The first-order valence-corrected chi connectivity index (χ1v) is 22.3. The monoisotopic (exact) mass is 898 g/mol. The van der Waals surface area contributed by atoms with Gasteiger partial charge in [0.25, 0.3) is 0 Å². The standard InChI is InChI=1S/2C24H24FN5O3/c2*1-10-17(8-29-23-15-3-12(15)7-28-22(10)23)16-2-11-4-19(27-9-18(11)21(26)20(16)25)30-24(32)33-14-5-13(31)6-14/h2*2,4,8-9,12-15,28,31H,3,5-7,26H2,1H3,(H,27,30,32)/t2*12-,13?,14?,15-/m10/s1. The molecule has 4 saturated carbocycles. The number of nitrogens with zero attached hydrogens (tertiary/aromatic N) is 4. The third-order valence-electron chi connectivity index (χ3n) is 14.1. The average Bonchev–Trinajstić information content (AvgIpc) is 4.21. The highest BCUT2D eigenvalue weighted by molar-refractivity contribution is 6.01. The Hall–Kier alpha value is -6.92. The van der Waals surface area contributed by atoms with Crippen LogP contribution in [0.4, 0.5) is 52.8 Å². The predicted molar refractivity (Wildman–Crippen MR) is 245 cm³/mol. The molecule has 0 saturated heterocycles. The van der Waals surface area contributed by atoms with Crippen molar-refractivity contribution >= 4 is 68.1 Å². The number of anilines is 6. The average molecular weight is 899 g/mol. The van der Waals surface area contributed by atoms with E-state index in [-0.39, 0.29) is 35.2 Å². The fraction of sp³-hybridized carbons (Fsp3) is 0.375. The van der Waals surface area contributed by atoms with Crippen LogP contribution in [-0.4, -0.2) is 79.8 Å². The van der Waals surface area contributed by atoms with E-state index in [1.807, 2.05) is 13.8 Å². The van der Waals surface area contributed by atoms with Gasteiger partial charge in [-0.2, -0.15) is 0 Å². The van der Waals surface area contributed by atoms with Crippen LogP contribution >= 0.6 is 0 Å². The number of pyridine rings is 4. The fourth-order valence-electron chi connectivity index (χ4n) is 9.84. The molecule has 12 rings (SSSR count). The Bertz CT molecular complexity index is 2820. The van der Waals surface area contributed by atoms with E-state index in [9.17, 15) is 19.8 Å². The fourth-order valence-corrected chi connectivity index (χ4v) is 9.84. The van der Waals surface area contributed by atoms with Crippen molar-refractivity contribution in [1.29, 1.82) is 0 Å². The maximum absolute atomic E-state index is 15.3. The van der Waals surface area contributed by atoms with Crippen LogP contribution < -0.4 is 32.7 Å². The van der Waals surface area contributed by atoms with Gasteiger partial charge in [0.15, 0.2) is 11.6 Å². The van der Waals surface area contributed by atoms with Crippen molar-refractivity contribution in [3.8, 4) is 22.3 Å². The largest absolute Gasteiger partial charge is 0.446 e. The lowest BCUT2D eigenvalue weighted by Gasteiger charge is -2.30. The zero-order valence-corrected chi connectivity index (χ0v) is 36.1. The van der Waals surface area contributed by atoms with Gasteiger partial charge >= 0.3 is 12.2 Å². The molecule has 4 aliphatic carbocycles. The van der Waals surface area contributed by atoms with E-state index < -0.39 is 36.0 Å². The summed E-state index contributed by atoms with van der Waals surface area (Å²) in [6, 6.07) is 6.70. The molecule has 16 nitrogen and oxygen atoms in total. The number of aromatic nitrogens is 4. The van der Waals surface area contributed by atoms with Gasteiger partial charge in [0.2, 0.25) is 0 Å². The number of carbonyl (C=O) groups is 2. The second kappa shape index (κ2) is 15.9. The number of benzene rings is 2. The maximum Gasteiger partial charge on any atom is 0.413 e. The summed E-state index contributed by atoms with van der Waals surface area (Å²) in [5.41, 5.74) is 20.4. The Morgan fingerprint density at radius 2 is 1.03 bits per heavy atom. The number of fused-ring (bicyclic) bond motifs is 8. The van der Waals surface area contributed by atoms with Gasteiger partial charge < -0.3 is 41.8 Å². The van der Waals surface area contributed by atoms with Gasteiger partial charge in [0, 0.05) is 108 Å². The highest BCUT2D eigenvalue weighted by Crippen LogP contribution is 2.55. The van der Waals surface area contributed by atoms with Crippen LogP contribution in [0.2, 0.25) is 0 Å². The molecule has 2 aliphatic heterocycles. The topological polar surface area (TPSA) is 245 Å². The highest BCUT2D eigenvalue weighted by atomic mass is 19.1. The van der Waals surface area contributed by atoms with Gasteiger partial charge in [-0.05, 0) is 84.7 Å². The molecule has 340 valence electrons. The summed E-state index contributed by atoms with van der Waals surface area (Å²) >= 11 is 0. The van der Waals surface area contributed by atoms with E-state index >= 15 is 8.78 Å². The minimum atomic E-state index is -0.645. The number of nitrogens with one attached hydrogen (secondary N) is 4. The van der Waals surface area contributed by atoms with Gasteiger partial charge in [-0.1, -0.05) is 0 Å². The van der Waals surface area contributed by atoms with Crippen molar-refractivity contribution in [1.82, 2.24) is 19.9 Å². The third kappa shape index (κ3) is 7.46. The third-order valence-corrected chi connectivity index (χ3v) is 14.1. The molecule has 10 N–H and O–H groups in total. The molecule has 0 spiro atoms. The van der Waals surface area contributed by atoms with Crippen LogP contribution in [0.25, 0.3) is 43.8 Å². The Morgan fingerprint density at radius 1 is 0.621 bits per heavy atom. The zero-order chi connectivity index (χ0) is 45.7. The second-order valence-electron chi connectivity index (χ2n) is 18.5. The number of nitrogen functional groups attached to an aromatic ring is 2. The smallest absolute Gasteiger partial charge is 0.413 e. The molecule has 4 aromatic heterocycles. The van der Waals surface area contributed by atoms with Crippen molar-refractivity contribution < 1.29 is 38.1 Å². The van der Waals surface area contributed by atoms with Gasteiger partial charge in [0.05, 0.1) is 46.3 Å². The second-order valence-corrected chi connectivity index (χ2v) is 18.5. The first kappa shape index (κ1) is 41.8. The maximum atomic E-state index is 15.3. The minimum absolute atomic E-state index is 0.0000750. The van der Waals surface area contributed by atoms with E-state index in [4.69, 9.17) is 20.9 Å². The number of aliphatic hydroxyl groups is 2. The summed E-state index contributed by atoms with van der Waals surface area (Å²) in [5.74, 6) is 1.82. The molecule has 4 atom stereocenters. The van der Waals surface area contributed by atoms with Crippen LogP contribution in [0.5, 0.6) is 0 Å². The van der Waals surface area contributed by atoms with Crippen LogP contribution in [0.15, 0.2) is 49.1 Å². The van der Waals surface area contributed by atoms with Crippen molar-refractivity contribution in [2.75, 3.05) is 45.8 Å². The Balaban J connectivity index is 0.000000146. The molecule has 0 radical (unpaired) electrons. The van der Waals surface area contributed by atoms with Crippen molar-refractivity contribution in [2.24, 2.45) is 11.8 Å². The van der Waals surface area contributed by atoms with Gasteiger partial charge in [-0.3, -0.25) is 20.6 Å². The molecule has 18 heteroatoms. The number of hydrogen-bond acceptors (Lipinski definition) is 14. The number of carbonyl (C=O) groups excluding carboxylic acids is 2. The summed E-state index contributed by atoms with van der Waals surface area (Å²) in [6.07, 6.45) is 7.64. The molecule has 4 fully saturated rings. The van der Waals surface area contributed by atoms with E-state index in [1.165, 1.54) is 12.4 Å². The predicted octanol–water partition coefficient (Wildman–Crippen LogP) is 7.85. The first-order chi connectivity index (χ1) is 31.8. The number of hydrogen-bond donors (Lipinski definition) is 8. The number of ether oxygens (including phenoxy) is 2. The number of rotatable bonds is 6. The molecule has 2 amide bonds. The van der Waals surface area contributed by atoms with Gasteiger partial charge in [0.1, 0.15) is 23.8 Å². The van der Waals surface area contributed by atoms with E-state index in [1.54, 1.807) is 36.7 Å². The van der Waals surface area contributed by atoms with Crippen molar-refractivity contribution in [3.63, 3.8) is 0 Å². The first-order valence-electron chi connectivity index (χ1n) is 22.3. The van der Waals surface area contributed by atoms with Crippen LogP contribution in [-0.2, 0) is 9.47 Å². The summed E-state index contributed by atoms with van der Waals surface area (Å²) in [6.45, 7) is 5.78. The van der Waals surface area contributed by atoms with Gasteiger partial charge in [-0.25, -0.2) is 28.3 Å². The van der Waals surface area contributed by atoms with Crippen molar-refractivity contribution in [3.05, 3.63) is 83.2 Å². The van der Waals surface area contributed by atoms with E-state index in [0.29, 0.717) is 93.2 Å². The summed E-state index contributed by atoms with van der Waals surface area (Å²) in [4.78, 5) is 41.9. The molecule has 0 bridgehead atoms. The Kier molecular flexibility index (Phi) is 10.1.